The van der Waals surface area contributed by atoms with Crippen LogP contribution in [0.3, 0.4) is 0 Å². The molecule has 0 unspecified atom stereocenters. The highest BCUT2D eigenvalue weighted by molar-refractivity contribution is 6.11. The Bertz CT molecular complexity index is 1300. The van der Waals surface area contributed by atoms with Crippen LogP contribution in [0.2, 0.25) is 0 Å². The average molecular weight is 340 g/mol. The third kappa shape index (κ3) is 2.13. The quantitative estimate of drug-likeness (QED) is 0.236. The van der Waals surface area contributed by atoms with E-state index in [0.717, 1.165) is 0 Å². The number of phenolic OH excluding ortho intramolecular Hbond substituents is 1. The molecule has 0 bridgehead atoms. The van der Waals surface area contributed by atoms with E-state index in [2.05, 4.69) is 14.9 Å². The summed E-state index contributed by atoms with van der Waals surface area (Å²) in [6, 6.07) is 5.50. The monoisotopic (exact) mass is 340 g/mol. The molecule has 1 N–H and O–H groups in total. The Morgan fingerprint density at radius 2 is 1.88 bits per heavy atom. The van der Waals surface area contributed by atoms with Crippen molar-refractivity contribution in [2.24, 2.45) is 0 Å². The van der Waals surface area contributed by atoms with E-state index in [-0.39, 0.29) is 27.8 Å². The van der Waals surface area contributed by atoms with Gasteiger partial charge in [0.15, 0.2) is 22.4 Å². The lowest BCUT2D eigenvalue weighted by atomic mass is 10.1. The summed E-state index contributed by atoms with van der Waals surface area (Å²) in [6.07, 6.45) is 0. The summed E-state index contributed by atoms with van der Waals surface area (Å²) >= 11 is 0. The maximum Gasteiger partial charge on any atom is 0.365 e. The lowest BCUT2D eigenvalue weighted by Gasteiger charge is -2.06. The number of methoxy groups -OCH3 is 1. The van der Waals surface area contributed by atoms with Crippen LogP contribution in [0.4, 0.5) is 0 Å². The standard InChI is InChI=1S/C16H8N2O7/c1-23-15(21)9-5-7-8-4-6-2-3-10(19)24-13(6)12(20)14(8)25-16(22)11(7)18-17-9/h2-5,20H,1H3. The highest BCUT2D eigenvalue weighted by Crippen LogP contribution is 2.35. The molecule has 9 nitrogen and oxygen atoms in total. The normalized spacial score (nSPS) is 11.2. The number of fused-ring (bicyclic) bond motifs is 4. The molecule has 1 aromatic carbocycles. The summed E-state index contributed by atoms with van der Waals surface area (Å²) in [5, 5.41) is 18.6. The first-order valence-corrected chi connectivity index (χ1v) is 6.98. The Hall–Kier alpha value is -3.75. The molecule has 0 spiro atoms. The van der Waals surface area contributed by atoms with Gasteiger partial charge in [0.05, 0.1) is 7.11 Å². The number of carbonyl (C=O) groups is 1. The maximum atomic E-state index is 12.1. The van der Waals surface area contributed by atoms with Gasteiger partial charge >= 0.3 is 17.2 Å². The van der Waals surface area contributed by atoms with Crippen molar-refractivity contribution in [2.75, 3.05) is 7.11 Å². The second-order valence-electron chi connectivity index (χ2n) is 5.15. The molecule has 0 saturated heterocycles. The number of aromatic hydroxyl groups is 1. The molecule has 0 radical (unpaired) electrons. The number of nitrogens with zero attached hydrogens (tertiary/aromatic N) is 2. The number of rotatable bonds is 1. The van der Waals surface area contributed by atoms with Crippen LogP contribution >= 0.6 is 0 Å². The summed E-state index contributed by atoms with van der Waals surface area (Å²) in [5.74, 6) is -1.23. The maximum absolute atomic E-state index is 12.1. The second-order valence-corrected chi connectivity index (χ2v) is 5.15. The lowest BCUT2D eigenvalue weighted by Crippen LogP contribution is -2.09. The summed E-state index contributed by atoms with van der Waals surface area (Å²) in [5.41, 5.74) is -2.05. The topological polar surface area (TPSA) is 133 Å². The van der Waals surface area contributed by atoms with E-state index in [0.29, 0.717) is 10.8 Å². The number of ether oxygens (including phenoxy) is 1. The van der Waals surface area contributed by atoms with Crippen LogP contribution in [0.15, 0.2) is 42.7 Å². The van der Waals surface area contributed by atoms with Gasteiger partial charge in [-0.1, -0.05) is 0 Å². The number of hydrogen-bond acceptors (Lipinski definition) is 9. The van der Waals surface area contributed by atoms with Gasteiger partial charge in [-0.05, 0) is 18.2 Å². The molecular formula is C16H8N2O7. The minimum absolute atomic E-state index is 0.110. The van der Waals surface area contributed by atoms with Crippen LogP contribution in [0.5, 0.6) is 5.75 Å². The van der Waals surface area contributed by atoms with Crippen molar-refractivity contribution in [1.29, 1.82) is 0 Å². The van der Waals surface area contributed by atoms with E-state index >= 15 is 0 Å². The van der Waals surface area contributed by atoms with Crippen molar-refractivity contribution >= 4 is 38.8 Å². The van der Waals surface area contributed by atoms with Gasteiger partial charge in [0.1, 0.15) is 0 Å². The molecular weight excluding hydrogens is 332 g/mol. The van der Waals surface area contributed by atoms with Crippen LogP contribution in [0, 0.1) is 0 Å². The molecule has 0 saturated carbocycles. The van der Waals surface area contributed by atoms with Crippen LogP contribution in [-0.2, 0) is 4.74 Å². The van der Waals surface area contributed by atoms with Gasteiger partial charge in [-0.2, -0.15) is 0 Å². The van der Waals surface area contributed by atoms with Crippen molar-refractivity contribution in [2.45, 2.75) is 0 Å². The van der Waals surface area contributed by atoms with E-state index in [9.17, 15) is 19.5 Å². The first kappa shape index (κ1) is 14.8. The number of phenols is 1. The minimum Gasteiger partial charge on any atom is -0.502 e. The zero-order chi connectivity index (χ0) is 17.7. The van der Waals surface area contributed by atoms with Gasteiger partial charge < -0.3 is 18.7 Å². The Morgan fingerprint density at radius 1 is 1.08 bits per heavy atom. The molecule has 4 rings (SSSR count). The Balaban J connectivity index is 2.23. The summed E-state index contributed by atoms with van der Waals surface area (Å²) in [4.78, 5) is 35.1. The molecule has 0 fully saturated rings. The van der Waals surface area contributed by atoms with E-state index in [1.165, 1.54) is 25.3 Å². The molecule has 3 aromatic heterocycles. The summed E-state index contributed by atoms with van der Waals surface area (Å²) in [6.45, 7) is 0. The third-order valence-corrected chi connectivity index (χ3v) is 3.71. The Kier molecular flexibility index (Phi) is 3.04. The fourth-order valence-corrected chi connectivity index (χ4v) is 2.57. The predicted molar refractivity (Wildman–Crippen MR) is 84.6 cm³/mol. The van der Waals surface area contributed by atoms with Gasteiger partial charge in [-0.3, -0.25) is 0 Å². The molecule has 0 aliphatic carbocycles. The van der Waals surface area contributed by atoms with Crippen molar-refractivity contribution in [3.8, 4) is 5.75 Å². The van der Waals surface area contributed by atoms with Crippen LogP contribution in [0.25, 0.3) is 32.8 Å². The van der Waals surface area contributed by atoms with Gasteiger partial charge in [-0.25, -0.2) is 14.4 Å². The molecule has 3 heterocycles. The van der Waals surface area contributed by atoms with Crippen LogP contribution in [0.1, 0.15) is 10.5 Å². The second kappa shape index (κ2) is 5.13. The molecule has 25 heavy (non-hydrogen) atoms. The number of benzene rings is 1. The average Bonchev–Trinajstić information content (AvgIpc) is 2.62. The SMILES string of the molecule is COC(=O)c1cc2c(nn1)c(=O)oc1c(O)c3oc(=O)ccc3cc12. The number of carbonyl (C=O) groups excluding carboxylic acids is 1. The van der Waals surface area contributed by atoms with E-state index in [4.69, 9.17) is 8.83 Å². The summed E-state index contributed by atoms with van der Waals surface area (Å²) < 4.78 is 14.6. The number of esters is 1. The van der Waals surface area contributed by atoms with Crippen LogP contribution < -0.4 is 11.3 Å². The molecule has 124 valence electrons. The molecule has 0 aliphatic heterocycles. The highest BCUT2D eigenvalue weighted by atomic mass is 16.5. The van der Waals surface area contributed by atoms with E-state index in [1.807, 2.05) is 0 Å². The lowest BCUT2D eigenvalue weighted by molar-refractivity contribution is 0.0593. The molecule has 0 atom stereocenters. The zero-order valence-electron chi connectivity index (χ0n) is 12.6. The van der Waals surface area contributed by atoms with Gasteiger partial charge in [-0.15, -0.1) is 10.2 Å². The van der Waals surface area contributed by atoms with Crippen molar-refractivity contribution in [3.63, 3.8) is 0 Å². The van der Waals surface area contributed by atoms with E-state index in [1.54, 1.807) is 6.07 Å². The molecule has 0 amide bonds. The fourth-order valence-electron chi connectivity index (χ4n) is 2.57. The van der Waals surface area contributed by atoms with E-state index < -0.39 is 23.0 Å². The largest absolute Gasteiger partial charge is 0.502 e. The first-order valence-electron chi connectivity index (χ1n) is 6.98. The van der Waals surface area contributed by atoms with Crippen molar-refractivity contribution in [1.82, 2.24) is 10.2 Å². The predicted octanol–water partition coefficient (Wildman–Crippen LogP) is 1.33. The molecule has 9 heteroatoms. The molecule has 0 aliphatic rings. The Labute approximate surface area is 137 Å². The Morgan fingerprint density at radius 3 is 2.64 bits per heavy atom. The first-order chi connectivity index (χ1) is 12.0. The molecule has 4 aromatic rings. The fraction of sp³-hybridized carbons (Fsp3) is 0.0625. The smallest absolute Gasteiger partial charge is 0.365 e. The van der Waals surface area contributed by atoms with Gasteiger partial charge in [0.2, 0.25) is 5.75 Å². The van der Waals surface area contributed by atoms with Gasteiger partial charge in [0, 0.05) is 22.2 Å². The van der Waals surface area contributed by atoms with Crippen molar-refractivity contribution < 1.29 is 23.5 Å². The highest BCUT2D eigenvalue weighted by Gasteiger charge is 2.19. The zero-order valence-corrected chi connectivity index (χ0v) is 12.6. The van der Waals surface area contributed by atoms with Crippen molar-refractivity contribution in [3.05, 3.63) is 50.8 Å². The third-order valence-electron chi connectivity index (χ3n) is 3.71. The minimum atomic E-state index is -0.862. The number of hydrogen-bond donors (Lipinski definition) is 1. The number of aromatic nitrogens is 2. The summed E-state index contributed by atoms with van der Waals surface area (Å²) in [7, 11) is 1.19. The van der Waals surface area contributed by atoms with Crippen LogP contribution in [-0.4, -0.2) is 28.4 Å². The van der Waals surface area contributed by atoms with Gasteiger partial charge in [0.25, 0.3) is 0 Å².